The fraction of sp³-hybridized carbons (Fsp3) is 0.812. The van der Waals surface area contributed by atoms with Gasteiger partial charge in [0, 0.05) is 31.4 Å². The van der Waals surface area contributed by atoms with Crippen molar-refractivity contribution in [3.63, 3.8) is 0 Å². The standard InChI is InChI=1S/C16H29N3/c1-4-9-19-10-8-18-16(19)12-15(17-3)14-7-5-6-13(2)11-14/h8,10,13-15,17H,4-7,9,11-12H2,1-3H3. The predicted molar refractivity (Wildman–Crippen MR) is 80.2 cm³/mol. The van der Waals surface area contributed by atoms with Crippen molar-refractivity contribution in [3.8, 4) is 0 Å². The van der Waals surface area contributed by atoms with Crippen LogP contribution in [0.5, 0.6) is 0 Å². The number of aromatic nitrogens is 2. The Kier molecular flexibility index (Phi) is 5.44. The number of rotatable bonds is 6. The first-order valence-electron chi connectivity index (χ1n) is 7.91. The van der Waals surface area contributed by atoms with E-state index < -0.39 is 0 Å². The van der Waals surface area contributed by atoms with Crippen LogP contribution in [0, 0.1) is 11.8 Å². The molecule has 1 aliphatic carbocycles. The molecule has 108 valence electrons. The van der Waals surface area contributed by atoms with Gasteiger partial charge in [0.15, 0.2) is 0 Å². The van der Waals surface area contributed by atoms with E-state index in [4.69, 9.17) is 0 Å². The Bertz CT molecular complexity index is 372. The molecule has 3 unspecified atom stereocenters. The third kappa shape index (κ3) is 3.82. The number of nitrogens with zero attached hydrogens (tertiary/aromatic N) is 2. The summed E-state index contributed by atoms with van der Waals surface area (Å²) in [5.74, 6) is 2.96. The van der Waals surface area contributed by atoms with Crippen LogP contribution in [-0.4, -0.2) is 22.6 Å². The summed E-state index contributed by atoms with van der Waals surface area (Å²) < 4.78 is 2.32. The van der Waals surface area contributed by atoms with Gasteiger partial charge in [-0.2, -0.15) is 0 Å². The quantitative estimate of drug-likeness (QED) is 0.854. The van der Waals surface area contributed by atoms with Gasteiger partial charge < -0.3 is 9.88 Å². The third-order valence-electron chi connectivity index (χ3n) is 4.59. The topological polar surface area (TPSA) is 29.9 Å². The summed E-state index contributed by atoms with van der Waals surface area (Å²) in [5.41, 5.74) is 0. The van der Waals surface area contributed by atoms with E-state index in [0.717, 1.165) is 24.8 Å². The van der Waals surface area contributed by atoms with Crippen LogP contribution in [0.3, 0.4) is 0 Å². The highest BCUT2D eigenvalue weighted by Gasteiger charge is 2.26. The maximum atomic E-state index is 4.56. The Hall–Kier alpha value is -0.830. The second-order valence-corrected chi connectivity index (χ2v) is 6.17. The van der Waals surface area contributed by atoms with Gasteiger partial charge in [-0.25, -0.2) is 4.98 Å². The van der Waals surface area contributed by atoms with Crippen LogP contribution < -0.4 is 5.32 Å². The number of hydrogen-bond acceptors (Lipinski definition) is 2. The number of likely N-dealkylation sites (N-methyl/N-ethyl adjacent to an activating group) is 1. The maximum absolute atomic E-state index is 4.56. The highest BCUT2D eigenvalue weighted by atomic mass is 15.1. The zero-order valence-electron chi connectivity index (χ0n) is 12.7. The maximum Gasteiger partial charge on any atom is 0.110 e. The van der Waals surface area contributed by atoms with Crippen molar-refractivity contribution in [2.75, 3.05) is 7.05 Å². The van der Waals surface area contributed by atoms with Crippen LogP contribution in [0.2, 0.25) is 0 Å². The molecule has 19 heavy (non-hydrogen) atoms. The molecule has 0 radical (unpaired) electrons. The van der Waals surface area contributed by atoms with Crippen LogP contribution in [0.25, 0.3) is 0 Å². The van der Waals surface area contributed by atoms with Crippen LogP contribution in [-0.2, 0) is 13.0 Å². The van der Waals surface area contributed by atoms with Crippen molar-refractivity contribution in [1.82, 2.24) is 14.9 Å². The second-order valence-electron chi connectivity index (χ2n) is 6.17. The molecule has 0 spiro atoms. The molecular formula is C16H29N3. The Balaban J connectivity index is 1.99. The average molecular weight is 263 g/mol. The molecule has 1 aromatic rings. The molecule has 2 rings (SSSR count). The van der Waals surface area contributed by atoms with E-state index in [9.17, 15) is 0 Å². The first kappa shape index (κ1) is 14.6. The first-order valence-corrected chi connectivity index (χ1v) is 7.91. The molecule has 0 amide bonds. The minimum Gasteiger partial charge on any atom is -0.335 e. The van der Waals surface area contributed by atoms with Crippen LogP contribution in [0.1, 0.15) is 51.8 Å². The third-order valence-corrected chi connectivity index (χ3v) is 4.59. The Labute approximate surface area is 117 Å². The summed E-state index contributed by atoms with van der Waals surface area (Å²) in [5, 5.41) is 3.55. The van der Waals surface area contributed by atoms with Gasteiger partial charge in [0.05, 0.1) is 0 Å². The lowest BCUT2D eigenvalue weighted by Gasteiger charge is -2.33. The number of hydrogen-bond donors (Lipinski definition) is 1. The average Bonchev–Trinajstić information content (AvgIpc) is 2.84. The molecular weight excluding hydrogens is 234 g/mol. The van der Waals surface area contributed by atoms with E-state index in [-0.39, 0.29) is 0 Å². The first-order chi connectivity index (χ1) is 9.24. The van der Waals surface area contributed by atoms with Gasteiger partial charge in [-0.15, -0.1) is 0 Å². The predicted octanol–water partition coefficient (Wildman–Crippen LogP) is 3.25. The molecule has 1 aliphatic rings. The Morgan fingerprint density at radius 1 is 1.47 bits per heavy atom. The van der Waals surface area contributed by atoms with Gasteiger partial charge in [0.1, 0.15) is 5.82 Å². The molecule has 0 aromatic carbocycles. The van der Waals surface area contributed by atoms with Crippen molar-refractivity contribution in [3.05, 3.63) is 18.2 Å². The van der Waals surface area contributed by atoms with E-state index in [1.807, 2.05) is 6.20 Å². The molecule has 1 heterocycles. The normalized spacial score (nSPS) is 25.4. The highest BCUT2D eigenvalue weighted by Crippen LogP contribution is 2.31. The van der Waals surface area contributed by atoms with Crippen molar-refractivity contribution in [2.24, 2.45) is 11.8 Å². The summed E-state index contributed by atoms with van der Waals surface area (Å²) in [6.45, 7) is 5.71. The highest BCUT2D eigenvalue weighted by molar-refractivity contribution is 4.97. The SMILES string of the molecule is CCCn1ccnc1CC(NC)C1CCCC(C)C1. The zero-order chi connectivity index (χ0) is 13.7. The fourth-order valence-electron chi connectivity index (χ4n) is 3.52. The van der Waals surface area contributed by atoms with E-state index in [1.54, 1.807) is 0 Å². The van der Waals surface area contributed by atoms with Gasteiger partial charge in [-0.05, 0) is 38.1 Å². The lowest BCUT2D eigenvalue weighted by molar-refractivity contribution is 0.225. The van der Waals surface area contributed by atoms with E-state index >= 15 is 0 Å². The summed E-state index contributed by atoms with van der Waals surface area (Å²) in [4.78, 5) is 4.56. The molecule has 3 nitrogen and oxygen atoms in total. The largest absolute Gasteiger partial charge is 0.335 e. The van der Waals surface area contributed by atoms with Crippen molar-refractivity contribution in [1.29, 1.82) is 0 Å². The lowest BCUT2D eigenvalue weighted by Crippen LogP contribution is -2.38. The van der Waals surface area contributed by atoms with E-state index in [0.29, 0.717) is 6.04 Å². The molecule has 0 saturated heterocycles. The molecule has 0 aliphatic heterocycles. The summed E-state index contributed by atoms with van der Waals surface area (Å²) in [6.07, 6.45) is 11.9. The summed E-state index contributed by atoms with van der Waals surface area (Å²) >= 11 is 0. The summed E-state index contributed by atoms with van der Waals surface area (Å²) in [6, 6.07) is 0.584. The minimum atomic E-state index is 0.584. The lowest BCUT2D eigenvalue weighted by atomic mass is 9.77. The summed E-state index contributed by atoms with van der Waals surface area (Å²) in [7, 11) is 2.11. The fourth-order valence-corrected chi connectivity index (χ4v) is 3.52. The van der Waals surface area contributed by atoms with Gasteiger partial charge in [0.2, 0.25) is 0 Å². The molecule has 1 fully saturated rings. The molecule has 3 heteroatoms. The van der Waals surface area contributed by atoms with Gasteiger partial charge in [-0.1, -0.05) is 26.7 Å². The molecule has 1 aromatic heterocycles. The van der Waals surface area contributed by atoms with Crippen molar-refractivity contribution >= 4 is 0 Å². The van der Waals surface area contributed by atoms with Crippen LogP contribution in [0.4, 0.5) is 0 Å². The van der Waals surface area contributed by atoms with E-state index in [2.05, 4.69) is 42.0 Å². The number of nitrogens with one attached hydrogen (secondary N) is 1. The second kappa shape index (κ2) is 7.09. The number of aryl methyl sites for hydroxylation is 1. The zero-order valence-corrected chi connectivity index (χ0v) is 12.7. The van der Waals surface area contributed by atoms with Gasteiger partial charge in [-0.3, -0.25) is 0 Å². The van der Waals surface area contributed by atoms with Crippen molar-refractivity contribution in [2.45, 2.75) is 65.0 Å². The van der Waals surface area contributed by atoms with Crippen LogP contribution >= 0.6 is 0 Å². The smallest absolute Gasteiger partial charge is 0.110 e. The Morgan fingerprint density at radius 2 is 2.32 bits per heavy atom. The molecule has 0 bridgehead atoms. The van der Waals surface area contributed by atoms with Gasteiger partial charge >= 0.3 is 0 Å². The molecule has 3 atom stereocenters. The van der Waals surface area contributed by atoms with Crippen LogP contribution in [0.15, 0.2) is 12.4 Å². The number of imidazole rings is 1. The van der Waals surface area contributed by atoms with Crippen molar-refractivity contribution < 1.29 is 0 Å². The Morgan fingerprint density at radius 3 is 3.00 bits per heavy atom. The molecule has 1 N–H and O–H groups in total. The molecule has 1 saturated carbocycles. The van der Waals surface area contributed by atoms with Gasteiger partial charge in [0.25, 0.3) is 0 Å². The van der Waals surface area contributed by atoms with E-state index in [1.165, 1.54) is 37.9 Å². The minimum absolute atomic E-state index is 0.584. The monoisotopic (exact) mass is 263 g/mol.